The van der Waals surface area contributed by atoms with E-state index in [1.54, 1.807) is 0 Å². The zero-order valence-electron chi connectivity index (χ0n) is 11.2. The lowest BCUT2D eigenvalue weighted by Crippen LogP contribution is -2.04. The van der Waals surface area contributed by atoms with Gasteiger partial charge in [-0.15, -0.1) is 0 Å². The van der Waals surface area contributed by atoms with Crippen LogP contribution in [-0.2, 0) is 0 Å². The first-order chi connectivity index (χ1) is 10.4. The Kier molecular flexibility index (Phi) is 1.95. The van der Waals surface area contributed by atoms with E-state index in [9.17, 15) is 0 Å². The predicted molar refractivity (Wildman–Crippen MR) is 84.3 cm³/mol. The Labute approximate surface area is 120 Å². The first-order valence-corrected chi connectivity index (χ1v) is 6.96. The summed E-state index contributed by atoms with van der Waals surface area (Å²) in [5.74, 6) is 0. The molecule has 3 nitrogen and oxygen atoms in total. The molecule has 5 rings (SSSR count). The fourth-order valence-corrected chi connectivity index (χ4v) is 3.04. The average Bonchev–Trinajstić information content (AvgIpc) is 2.77. The summed E-state index contributed by atoms with van der Waals surface area (Å²) in [5, 5.41) is 2.35. The van der Waals surface area contributed by atoms with Gasteiger partial charge >= 0.3 is 0 Å². The molecule has 3 aromatic carbocycles. The Morgan fingerprint density at radius 2 is 1.67 bits per heavy atom. The minimum Gasteiger partial charge on any atom is -0.338 e. The van der Waals surface area contributed by atoms with Gasteiger partial charge in [0.2, 0.25) is 0 Å². The van der Waals surface area contributed by atoms with Crippen LogP contribution in [0, 0.1) is 0 Å². The number of benzene rings is 3. The van der Waals surface area contributed by atoms with Gasteiger partial charge in [0.05, 0.1) is 11.2 Å². The van der Waals surface area contributed by atoms with E-state index in [0.29, 0.717) is 0 Å². The minimum absolute atomic E-state index is 0.833. The molecule has 21 heavy (non-hydrogen) atoms. The summed E-state index contributed by atoms with van der Waals surface area (Å²) >= 11 is 0. The maximum absolute atomic E-state index is 4.88. The second kappa shape index (κ2) is 3.79. The van der Waals surface area contributed by atoms with Crippen LogP contribution >= 0.6 is 0 Å². The number of aromatic nitrogens is 2. The van der Waals surface area contributed by atoms with Gasteiger partial charge in [-0.05, 0) is 23.6 Å². The molecule has 0 unspecified atom stereocenters. The van der Waals surface area contributed by atoms with Crippen molar-refractivity contribution in [3.05, 3.63) is 66.2 Å². The van der Waals surface area contributed by atoms with Gasteiger partial charge < -0.3 is 4.98 Å². The topological polar surface area (TPSA) is 41.0 Å². The highest BCUT2D eigenvalue weighted by atomic mass is 14.9. The molecule has 3 heteroatoms. The third-order valence-electron chi connectivity index (χ3n) is 3.98. The Morgan fingerprint density at radius 1 is 0.810 bits per heavy atom. The molecular weight excluding hydrogens is 258 g/mol. The van der Waals surface area contributed by atoms with Crippen molar-refractivity contribution in [2.24, 2.45) is 4.99 Å². The lowest BCUT2D eigenvalue weighted by molar-refractivity contribution is 1.22. The molecule has 0 bridgehead atoms. The number of fused-ring (bicyclic) bond motifs is 3. The summed E-state index contributed by atoms with van der Waals surface area (Å²) in [6.07, 6.45) is 0. The highest BCUT2D eigenvalue weighted by molar-refractivity contribution is 6.06. The molecule has 0 saturated heterocycles. The van der Waals surface area contributed by atoms with E-state index in [1.807, 2.05) is 18.2 Å². The Bertz CT molecular complexity index is 1090. The van der Waals surface area contributed by atoms with Crippen molar-refractivity contribution in [1.82, 2.24) is 9.97 Å². The van der Waals surface area contributed by atoms with Crippen molar-refractivity contribution >= 4 is 27.5 Å². The number of nitrogens with one attached hydrogen (secondary N) is 1. The van der Waals surface area contributed by atoms with Crippen LogP contribution in [-0.4, -0.2) is 9.97 Å². The maximum atomic E-state index is 4.88. The van der Waals surface area contributed by atoms with Crippen molar-refractivity contribution in [2.75, 3.05) is 0 Å². The quantitative estimate of drug-likeness (QED) is 0.454. The number of hydrogen-bond acceptors (Lipinski definition) is 2. The first-order valence-electron chi connectivity index (χ1n) is 6.96. The third kappa shape index (κ3) is 1.43. The monoisotopic (exact) mass is 269 g/mol. The van der Waals surface area contributed by atoms with Gasteiger partial charge in [-0.2, -0.15) is 0 Å². The van der Waals surface area contributed by atoms with Gasteiger partial charge in [-0.1, -0.05) is 42.5 Å². The van der Waals surface area contributed by atoms with Gasteiger partial charge in [-0.25, -0.2) is 9.98 Å². The number of hydrogen-bond donors (Lipinski definition) is 1. The molecule has 0 amide bonds. The zero-order chi connectivity index (χ0) is 13.8. The smallest absolute Gasteiger partial charge is 0.157 e. The molecule has 0 aliphatic carbocycles. The summed E-state index contributed by atoms with van der Waals surface area (Å²) in [4.78, 5) is 13.0. The van der Waals surface area contributed by atoms with E-state index in [4.69, 9.17) is 4.98 Å². The minimum atomic E-state index is 0.833. The molecule has 0 spiro atoms. The van der Waals surface area contributed by atoms with Gasteiger partial charge in [-0.3, -0.25) is 0 Å². The van der Waals surface area contributed by atoms with E-state index in [1.165, 1.54) is 5.39 Å². The maximum Gasteiger partial charge on any atom is 0.157 e. The molecule has 4 aromatic rings. The van der Waals surface area contributed by atoms with Crippen molar-refractivity contribution in [3.8, 4) is 11.3 Å². The van der Waals surface area contributed by atoms with Crippen LogP contribution in [0.2, 0.25) is 0 Å². The second-order valence-electron chi connectivity index (χ2n) is 5.24. The van der Waals surface area contributed by atoms with Gasteiger partial charge in [0, 0.05) is 16.5 Å². The van der Waals surface area contributed by atoms with E-state index >= 15 is 0 Å². The van der Waals surface area contributed by atoms with E-state index in [-0.39, 0.29) is 0 Å². The highest BCUT2D eigenvalue weighted by Crippen LogP contribution is 2.32. The van der Waals surface area contributed by atoms with Crippen LogP contribution in [0.1, 0.15) is 0 Å². The van der Waals surface area contributed by atoms with Crippen LogP contribution in [0.5, 0.6) is 0 Å². The van der Waals surface area contributed by atoms with Crippen molar-refractivity contribution < 1.29 is 0 Å². The summed E-state index contributed by atoms with van der Waals surface area (Å²) in [5.41, 5.74) is 5.88. The number of aromatic amines is 1. The highest BCUT2D eigenvalue weighted by Gasteiger charge is 2.15. The van der Waals surface area contributed by atoms with Gasteiger partial charge in [0.15, 0.2) is 5.49 Å². The molecule has 2 heterocycles. The fraction of sp³-hybridized carbons (Fsp3) is 0. The summed E-state index contributed by atoms with van der Waals surface area (Å²) in [6.45, 7) is 0. The number of H-pyrrole nitrogens is 1. The molecule has 1 aliphatic heterocycles. The van der Waals surface area contributed by atoms with E-state index < -0.39 is 0 Å². The lowest BCUT2D eigenvalue weighted by atomic mass is 10.1. The number of nitrogens with zero attached hydrogens (tertiary/aromatic N) is 2. The molecule has 1 aromatic heterocycles. The molecule has 98 valence electrons. The van der Waals surface area contributed by atoms with Crippen LogP contribution < -0.4 is 5.49 Å². The average molecular weight is 269 g/mol. The fourth-order valence-electron chi connectivity index (χ4n) is 3.04. The van der Waals surface area contributed by atoms with Crippen LogP contribution in [0.15, 0.2) is 65.7 Å². The van der Waals surface area contributed by atoms with Crippen LogP contribution in [0.3, 0.4) is 0 Å². The first kappa shape index (κ1) is 10.8. The van der Waals surface area contributed by atoms with E-state index in [0.717, 1.165) is 38.9 Å². The van der Waals surface area contributed by atoms with Crippen molar-refractivity contribution in [3.63, 3.8) is 0 Å². The largest absolute Gasteiger partial charge is 0.338 e. The third-order valence-corrected chi connectivity index (χ3v) is 3.98. The standard InChI is InChI=1S/C18H11N3/c1-2-8-13-12(7-1)17-18(20-13)21-15-10-4-6-11-5-3-9-14(19-17)16(11)15/h1-10H,(H,20,21). The van der Waals surface area contributed by atoms with Crippen LogP contribution in [0.25, 0.3) is 33.1 Å². The lowest BCUT2D eigenvalue weighted by Gasteiger charge is -2.00. The molecule has 1 N–H and O–H groups in total. The van der Waals surface area contributed by atoms with Gasteiger partial charge in [0.1, 0.15) is 5.69 Å². The Morgan fingerprint density at radius 3 is 2.62 bits per heavy atom. The van der Waals surface area contributed by atoms with Crippen LogP contribution in [0.4, 0.5) is 5.69 Å². The summed E-state index contributed by atoms with van der Waals surface area (Å²) in [6, 6.07) is 20.6. The molecular formula is C18H11N3. The van der Waals surface area contributed by atoms with Crippen molar-refractivity contribution in [1.29, 1.82) is 0 Å². The number of rotatable bonds is 0. The predicted octanol–water partition coefficient (Wildman–Crippen LogP) is 3.93. The number of para-hydroxylation sites is 1. The van der Waals surface area contributed by atoms with E-state index in [2.05, 4.69) is 52.4 Å². The Balaban J connectivity index is 2.06. The zero-order valence-corrected chi connectivity index (χ0v) is 11.2. The normalized spacial score (nSPS) is 12.2. The molecule has 1 aliphatic rings. The summed E-state index contributed by atoms with van der Waals surface area (Å²) in [7, 11) is 0. The molecule has 0 radical (unpaired) electrons. The van der Waals surface area contributed by atoms with Gasteiger partial charge in [0.25, 0.3) is 0 Å². The summed E-state index contributed by atoms with van der Waals surface area (Å²) < 4.78 is 0. The molecule has 0 atom stereocenters. The molecule has 0 saturated carbocycles. The Hall–Kier alpha value is -2.94. The second-order valence-corrected chi connectivity index (χ2v) is 5.24. The SMILES string of the molecule is c1ccc2c(c1)N=c1[nH]c3cccc4cccc(nc1-2)c43. The van der Waals surface area contributed by atoms with Crippen molar-refractivity contribution in [2.45, 2.75) is 0 Å². The molecule has 0 fully saturated rings.